The minimum atomic E-state index is -0.825. The van der Waals surface area contributed by atoms with E-state index < -0.39 is 11.4 Å². The van der Waals surface area contributed by atoms with E-state index in [-0.39, 0.29) is 18.1 Å². The number of carboxylic acid groups (broad SMARTS) is 1. The van der Waals surface area contributed by atoms with Gasteiger partial charge < -0.3 is 15.7 Å². The third-order valence-corrected chi connectivity index (χ3v) is 5.22. The number of carbonyl (C=O) groups is 2. The molecule has 5 heteroatoms. The second-order valence-electron chi connectivity index (χ2n) is 6.62. The molecule has 0 aromatic carbocycles. The first-order valence-electron chi connectivity index (χ1n) is 7.74. The van der Waals surface area contributed by atoms with Gasteiger partial charge >= 0.3 is 12.0 Å². The van der Waals surface area contributed by atoms with Crippen LogP contribution >= 0.6 is 0 Å². The van der Waals surface area contributed by atoms with Gasteiger partial charge in [0.05, 0.1) is 5.41 Å². The van der Waals surface area contributed by atoms with Gasteiger partial charge in [-0.25, -0.2) is 4.79 Å². The molecule has 0 radical (unpaired) electrons. The molecule has 0 bridgehead atoms. The third kappa shape index (κ3) is 3.07. The molecule has 3 unspecified atom stereocenters. The molecule has 2 rings (SSSR count). The molecule has 2 aliphatic rings. The average Bonchev–Trinajstić information content (AvgIpc) is 3.00. The summed E-state index contributed by atoms with van der Waals surface area (Å²) >= 11 is 0. The molecule has 20 heavy (non-hydrogen) atoms. The average molecular weight is 282 g/mol. The van der Waals surface area contributed by atoms with Crippen molar-refractivity contribution in [1.29, 1.82) is 0 Å². The topological polar surface area (TPSA) is 78.4 Å². The number of carboxylic acids is 1. The van der Waals surface area contributed by atoms with Gasteiger partial charge in [0.1, 0.15) is 0 Å². The maximum atomic E-state index is 12.1. The zero-order valence-electron chi connectivity index (χ0n) is 12.4. The van der Waals surface area contributed by atoms with Gasteiger partial charge in [-0.3, -0.25) is 4.79 Å². The Kier molecular flexibility index (Phi) is 4.55. The van der Waals surface area contributed by atoms with Gasteiger partial charge in [-0.2, -0.15) is 0 Å². The lowest BCUT2D eigenvalue weighted by Crippen LogP contribution is -2.52. The molecule has 0 aliphatic heterocycles. The standard InChI is InChI=1S/C15H26N2O3/c1-10(11-6-3-4-7-11)16-14(20)17-12-8-5-9-15(12,2)13(18)19/h10-12H,3-9H2,1-2H3,(H,18,19)(H2,16,17,20). The fourth-order valence-electron chi connectivity index (χ4n) is 3.64. The molecule has 2 saturated carbocycles. The Morgan fingerprint density at radius 3 is 2.45 bits per heavy atom. The highest BCUT2D eigenvalue weighted by Crippen LogP contribution is 2.38. The molecule has 2 aliphatic carbocycles. The van der Waals surface area contributed by atoms with Crippen LogP contribution in [-0.2, 0) is 4.79 Å². The predicted octanol–water partition coefficient (Wildman–Crippen LogP) is 2.51. The minimum Gasteiger partial charge on any atom is -0.481 e. The summed E-state index contributed by atoms with van der Waals surface area (Å²) in [7, 11) is 0. The van der Waals surface area contributed by atoms with E-state index in [4.69, 9.17) is 0 Å². The molecule has 2 fully saturated rings. The Labute approximate surface area is 120 Å². The second-order valence-corrected chi connectivity index (χ2v) is 6.62. The van der Waals surface area contributed by atoms with Crippen LogP contribution in [0.1, 0.15) is 58.8 Å². The predicted molar refractivity (Wildman–Crippen MR) is 76.5 cm³/mol. The summed E-state index contributed by atoms with van der Waals surface area (Å²) in [6.45, 7) is 3.77. The fourth-order valence-corrected chi connectivity index (χ4v) is 3.64. The first-order valence-corrected chi connectivity index (χ1v) is 7.74. The summed E-state index contributed by atoms with van der Waals surface area (Å²) in [5, 5.41) is 15.2. The van der Waals surface area contributed by atoms with Crippen LogP contribution in [0, 0.1) is 11.3 Å². The quantitative estimate of drug-likeness (QED) is 0.741. The molecule has 0 heterocycles. The summed E-state index contributed by atoms with van der Waals surface area (Å²) in [5.74, 6) is -0.251. The summed E-state index contributed by atoms with van der Waals surface area (Å²) in [6.07, 6.45) is 7.08. The van der Waals surface area contributed by atoms with E-state index in [9.17, 15) is 14.7 Å². The zero-order chi connectivity index (χ0) is 14.8. The van der Waals surface area contributed by atoms with Gasteiger partial charge in [-0.1, -0.05) is 19.3 Å². The lowest BCUT2D eigenvalue weighted by molar-refractivity contribution is -0.148. The van der Waals surface area contributed by atoms with Crippen molar-refractivity contribution >= 4 is 12.0 Å². The van der Waals surface area contributed by atoms with E-state index in [0.29, 0.717) is 12.3 Å². The van der Waals surface area contributed by atoms with E-state index in [1.54, 1.807) is 6.92 Å². The number of hydrogen-bond donors (Lipinski definition) is 3. The van der Waals surface area contributed by atoms with E-state index in [1.165, 1.54) is 25.7 Å². The van der Waals surface area contributed by atoms with Crippen molar-refractivity contribution in [2.75, 3.05) is 0 Å². The normalized spacial score (nSPS) is 32.0. The number of aliphatic carboxylic acids is 1. The Balaban J connectivity index is 1.86. The molecule has 2 amide bonds. The van der Waals surface area contributed by atoms with Gasteiger partial charge in [0.25, 0.3) is 0 Å². The van der Waals surface area contributed by atoms with Gasteiger partial charge in [0.15, 0.2) is 0 Å². The maximum Gasteiger partial charge on any atom is 0.315 e. The van der Waals surface area contributed by atoms with E-state index >= 15 is 0 Å². The molecule has 3 N–H and O–H groups in total. The number of amides is 2. The highest BCUT2D eigenvalue weighted by molar-refractivity contribution is 5.79. The number of carbonyl (C=O) groups excluding carboxylic acids is 1. The van der Waals surface area contributed by atoms with Crippen LogP contribution < -0.4 is 10.6 Å². The Morgan fingerprint density at radius 2 is 1.85 bits per heavy atom. The van der Waals surface area contributed by atoms with Gasteiger partial charge in [-0.15, -0.1) is 0 Å². The first kappa shape index (κ1) is 15.1. The first-order chi connectivity index (χ1) is 9.43. The summed E-state index contributed by atoms with van der Waals surface area (Å²) in [4.78, 5) is 23.4. The molecule has 3 atom stereocenters. The van der Waals surface area contributed by atoms with Crippen LogP contribution in [0.4, 0.5) is 4.79 Å². The molecule has 0 saturated heterocycles. The largest absolute Gasteiger partial charge is 0.481 e. The molecular formula is C15H26N2O3. The van der Waals surface area contributed by atoms with E-state index in [0.717, 1.165) is 12.8 Å². The van der Waals surface area contributed by atoms with Crippen molar-refractivity contribution < 1.29 is 14.7 Å². The van der Waals surface area contributed by atoms with Gasteiger partial charge in [0.2, 0.25) is 0 Å². The SMILES string of the molecule is CC(NC(=O)NC1CCCC1(C)C(=O)O)C1CCCC1. The fraction of sp³-hybridized carbons (Fsp3) is 0.867. The molecule has 0 spiro atoms. The molecule has 0 aromatic rings. The van der Waals surface area contributed by atoms with Crippen LogP contribution in [0.15, 0.2) is 0 Å². The Morgan fingerprint density at radius 1 is 1.20 bits per heavy atom. The maximum absolute atomic E-state index is 12.1. The Bertz CT molecular complexity index is 379. The van der Waals surface area contributed by atoms with Gasteiger partial charge in [-0.05, 0) is 45.4 Å². The summed E-state index contributed by atoms with van der Waals surface area (Å²) in [5.41, 5.74) is -0.825. The lowest BCUT2D eigenvalue weighted by atomic mass is 9.85. The summed E-state index contributed by atoms with van der Waals surface area (Å²) in [6, 6.07) is -0.324. The van der Waals surface area contributed by atoms with Crippen LogP contribution in [0.3, 0.4) is 0 Å². The monoisotopic (exact) mass is 282 g/mol. The van der Waals surface area contributed by atoms with Crippen molar-refractivity contribution in [2.24, 2.45) is 11.3 Å². The van der Waals surface area contributed by atoms with Crippen molar-refractivity contribution in [3.05, 3.63) is 0 Å². The lowest BCUT2D eigenvalue weighted by Gasteiger charge is -2.29. The molecule has 114 valence electrons. The van der Waals surface area contributed by atoms with Gasteiger partial charge in [0, 0.05) is 12.1 Å². The number of urea groups is 1. The van der Waals surface area contributed by atoms with Crippen LogP contribution in [0.5, 0.6) is 0 Å². The van der Waals surface area contributed by atoms with Crippen molar-refractivity contribution in [3.8, 4) is 0 Å². The van der Waals surface area contributed by atoms with Crippen LogP contribution in [-0.4, -0.2) is 29.2 Å². The molecular weight excluding hydrogens is 256 g/mol. The summed E-state index contributed by atoms with van der Waals surface area (Å²) < 4.78 is 0. The van der Waals surface area contributed by atoms with Crippen LogP contribution in [0.25, 0.3) is 0 Å². The smallest absolute Gasteiger partial charge is 0.315 e. The van der Waals surface area contributed by atoms with Crippen LogP contribution in [0.2, 0.25) is 0 Å². The highest BCUT2D eigenvalue weighted by atomic mass is 16.4. The highest BCUT2D eigenvalue weighted by Gasteiger charge is 2.46. The molecule has 0 aromatic heterocycles. The number of rotatable bonds is 4. The van der Waals surface area contributed by atoms with Crippen molar-refractivity contribution in [1.82, 2.24) is 10.6 Å². The van der Waals surface area contributed by atoms with E-state index in [1.807, 2.05) is 6.92 Å². The van der Waals surface area contributed by atoms with Crippen molar-refractivity contribution in [3.63, 3.8) is 0 Å². The van der Waals surface area contributed by atoms with Crippen molar-refractivity contribution in [2.45, 2.75) is 70.9 Å². The van der Waals surface area contributed by atoms with E-state index in [2.05, 4.69) is 10.6 Å². The second kappa shape index (κ2) is 6.02. The third-order valence-electron chi connectivity index (χ3n) is 5.22. The zero-order valence-corrected chi connectivity index (χ0v) is 12.4. The number of nitrogens with one attached hydrogen (secondary N) is 2. The Hall–Kier alpha value is -1.26. The molecule has 5 nitrogen and oxygen atoms in total. The minimum absolute atomic E-state index is 0.162. The number of hydrogen-bond acceptors (Lipinski definition) is 2.